The van der Waals surface area contributed by atoms with Crippen LogP contribution in [0.1, 0.15) is 65.0 Å². The monoisotopic (exact) mass is 507 g/mol. The van der Waals surface area contributed by atoms with Crippen LogP contribution in [0.15, 0.2) is 30.3 Å². The molecule has 2 rings (SSSR count). The number of rotatable bonds is 11. The zero-order valence-electron chi connectivity index (χ0n) is 20.9. The Morgan fingerprint density at radius 1 is 1.14 bits per heavy atom. The van der Waals surface area contributed by atoms with Crippen molar-refractivity contribution >= 4 is 36.5 Å². The molecule has 1 aliphatic rings. The maximum absolute atomic E-state index is 13.7. The summed E-state index contributed by atoms with van der Waals surface area (Å²) in [4.78, 5) is 52.8. The van der Waals surface area contributed by atoms with Crippen molar-refractivity contribution in [2.75, 3.05) is 18.9 Å². The molecule has 194 valence electrons. The molecular weight excluding hydrogens is 470 g/mol. The number of benzene rings is 1. The molecule has 2 unspecified atom stereocenters. The van der Waals surface area contributed by atoms with Gasteiger partial charge in [0.2, 0.25) is 11.8 Å². The topological polar surface area (TPSA) is 114 Å². The van der Waals surface area contributed by atoms with Gasteiger partial charge in [-0.1, -0.05) is 30.3 Å². The van der Waals surface area contributed by atoms with E-state index < -0.39 is 41.6 Å². The van der Waals surface area contributed by atoms with Gasteiger partial charge in [-0.3, -0.25) is 14.4 Å². The molecule has 1 aliphatic carbocycles. The Labute approximate surface area is 212 Å². The molecule has 2 atom stereocenters. The van der Waals surface area contributed by atoms with E-state index in [2.05, 4.69) is 23.3 Å². The van der Waals surface area contributed by atoms with Crippen LogP contribution in [0.4, 0.5) is 4.79 Å². The summed E-state index contributed by atoms with van der Waals surface area (Å²) in [5.74, 6) is -1.19. The smallest absolute Gasteiger partial charge is 0.408 e. The Morgan fingerprint density at radius 2 is 1.80 bits per heavy atom. The van der Waals surface area contributed by atoms with Crippen LogP contribution < -0.4 is 10.6 Å². The highest BCUT2D eigenvalue weighted by Crippen LogP contribution is 2.33. The number of nitrogens with one attached hydrogen (secondary N) is 2. The van der Waals surface area contributed by atoms with E-state index in [0.29, 0.717) is 5.56 Å². The molecule has 0 bridgehead atoms. The fourth-order valence-electron chi connectivity index (χ4n) is 3.69. The zero-order valence-corrected chi connectivity index (χ0v) is 21.8. The third-order valence-corrected chi connectivity index (χ3v) is 5.83. The fraction of sp³-hybridized carbons (Fsp3) is 0.600. The summed E-state index contributed by atoms with van der Waals surface area (Å²) in [6.45, 7) is 7.26. The van der Waals surface area contributed by atoms with Gasteiger partial charge in [-0.2, -0.15) is 12.6 Å². The number of alkyl carbamates (subject to hydrolysis) is 1. The molecule has 1 saturated carbocycles. The van der Waals surface area contributed by atoms with Crippen LogP contribution in [0.3, 0.4) is 0 Å². The van der Waals surface area contributed by atoms with E-state index in [1.807, 2.05) is 6.07 Å². The number of carbonyl (C=O) groups excluding carboxylic acids is 4. The highest BCUT2D eigenvalue weighted by atomic mass is 32.1. The number of hydrogen-bond donors (Lipinski definition) is 3. The number of ether oxygens (including phenoxy) is 2. The van der Waals surface area contributed by atoms with E-state index in [1.54, 1.807) is 56.9 Å². The number of esters is 1. The molecule has 0 saturated heterocycles. The predicted octanol–water partition coefficient (Wildman–Crippen LogP) is 3.00. The summed E-state index contributed by atoms with van der Waals surface area (Å²) in [7, 11) is 0. The normalized spacial score (nSPS) is 15.2. The summed E-state index contributed by atoms with van der Waals surface area (Å²) < 4.78 is 10.2. The maximum atomic E-state index is 13.7. The number of thiol groups is 1. The second-order valence-electron chi connectivity index (χ2n) is 9.37. The largest absolute Gasteiger partial charge is 0.466 e. The third-order valence-electron chi connectivity index (χ3n) is 5.47. The van der Waals surface area contributed by atoms with Crippen LogP contribution in [-0.4, -0.2) is 65.4 Å². The lowest BCUT2D eigenvalue weighted by Crippen LogP contribution is -2.58. The molecular formula is C25H37N3O6S. The summed E-state index contributed by atoms with van der Waals surface area (Å²) in [5.41, 5.74) is -0.0931. The van der Waals surface area contributed by atoms with Crippen LogP contribution in [0, 0.1) is 0 Å². The summed E-state index contributed by atoms with van der Waals surface area (Å²) in [5, 5.41) is 5.38. The first-order valence-corrected chi connectivity index (χ1v) is 12.6. The average Bonchev–Trinajstić information content (AvgIpc) is 2.75. The fourth-order valence-corrected chi connectivity index (χ4v) is 3.94. The highest BCUT2D eigenvalue weighted by Gasteiger charge is 2.41. The van der Waals surface area contributed by atoms with Gasteiger partial charge >= 0.3 is 12.1 Å². The van der Waals surface area contributed by atoms with Gasteiger partial charge in [0.05, 0.1) is 13.0 Å². The lowest BCUT2D eigenvalue weighted by atomic mass is 9.88. The lowest BCUT2D eigenvalue weighted by molar-refractivity contribution is -0.147. The molecule has 1 aromatic rings. The van der Waals surface area contributed by atoms with E-state index in [-0.39, 0.29) is 31.4 Å². The number of amides is 3. The van der Waals surface area contributed by atoms with E-state index in [0.717, 1.165) is 19.3 Å². The van der Waals surface area contributed by atoms with Crippen LogP contribution >= 0.6 is 12.6 Å². The molecule has 2 N–H and O–H groups in total. The van der Waals surface area contributed by atoms with Crippen LogP contribution in [0.2, 0.25) is 0 Å². The Kier molecular flexibility index (Phi) is 10.9. The van der Waals surface area contributed by atoms with Gasteiger partial charge in [-0.05, 0) is 52.5 Å². The lowest BCUT2D eigenvalue weighted by Gasteiger charge is -2.43. The molecule has 0 radical (unpaired) electrons. The molecule has 35 heavy (non-hydrogen) atoms. The number of nitrogens with zero attached hydrogens (tertiary/aromatic N) is 1. The maximum Gasteiger partial charge on any atom is 0.408 e. The predicted molar refractivity (Wildman–Crippen MR) is 135 cm³/mol. The van der Waals surface area contributed by atoms with Crippen LogP contribution in [0.25, 0.3) is 0 Å². The first-order chi connectivity index (χ1) is 16.6. The van der Waals surface area contributed by atoms with Gasteiger partial charge in [0, 0.05) is 18.3 Å². The summed E-state index contributed by atoms with van der Waals surface area (Å²) in [6, 6.07) is 6.92. The van der Waals surface area contributed by atoms with Gasteiger partial charge < -0.3 is 25.0 Å². The van der Waals surface area contributed by atoms with Crippen molar-refractivity contribution in [2.24, 2.45) is 0 Å². The molecule has 1 fully saturated rings. The molecule has 0 heterocycles. The van der Waals surface area contributed by atoms with Gasteiger partial charge in [0.25, 0.3) is 0 Å². The average molecular weight is 508 g/mol. The highest BCUT2D eigenvalue weighted by molar-refractivity contribution is 7.80. The number of carbonyl (C=O) groups is 4. The van der Waals surface area contributed by atoms with Gasteiger partial charge in [0.1, 0.15) is 17.7 Å². The zero-order chi connectivity index (χ0) is 26.0. The molecule has 0 aromatic heterocycles. The van der Waals surface area contributed by atoms with E-state index in [1.165, 1.54) is 0 Å². The van der Waals surface area contributed by atoms with Crippen molar-refractivity contribution in [1.29, 1.82) is 0 Å². The van der Waals surface area contributed by atoms with Crippen molar-refractivity contribution < 1.29 is 28.7 Å². The van der Waals surface area contributed by atoms with E-state index >= 15 is 0 Å². The SMILES string of the molecule is CCOC(=O)CCNC(=O)C(c1ccccc1)N(C(=O)C(CS)NC(=O)OC(C)(C)C)C1CCC1. The second-order valence-corrected chi connectivity index (χ2v) is 9.74. The molecule has 9 nitrogen and oxygen atoms in total. The molecule has 0 spiro atoms. The minimum atomic E-state index is -0.979. The number of hydrogen-bond acceptors (Lipinski definition) is 7. The summed E-state index contributed by atoms with van der Waals surface area (Å²) in [6.07, 6.45) is 1.73. The Hall–Kier alpha value is -2.75. The quantitative estimate of drug-likeness (QED) is 0.313. The van der Waals surface area contributed by atoms with E-state index in [9.17, 15) is 19.2 Å². The van der Waals surface area contributed by atoms with Gasteiger partial charge in [0.15, 0.2) is 0 Å². The molecule has 3 amide bonds. The summed E-state index contributed by atoms with van der Waals surface area (Å²) >= 11 is 4.29. The third kappa shape index (κ3) is 8.76. The van der Waals surface area contributed by atoms with Crippen molar-refractivity contribution in [2.45, 2.75) is 77.1 Å². The molecule has 10 heteroatoms. The second kappa shape index (κ2) is 13.4. The van der Waals surface area contributed by atoms with Crippen LogP contribution in [0.5, 0.6) is 0 Å². The molecule has 1 aromatic carbocycles. The van der Waals surface area contributed by atoms with Crippen molar-refractivity contribution in [3.63, 3.8) is 0 Å². The van der Waals surface area contributed by atoms with Gasteiger partial charge in [-0.25, -0.2) is 4.79 Å². The van der Waals surface area contributed by atoms with Crippen molar-refractivity contribution in [3.8, 4) is 0 Å². The van der Waals surface area contributed by atoms with Crippen molar-refractivity contribution in [1.82, 2.24) is 15.5 Å². The van der Waals surface area contributed by atoms with Crippen LogP contribution in [-0.2, 0) is 23.9 Å². The minimum absolute atomic E-state index is 0.0257. The Bertz CT molecular complexity index is 870. The Morgan fingerprint density at radius 3 is 2.31 bits per heavy atom. The Balaban J connectivity index is 2.29. The first kappa shape index (κ1) is 28.5. The first-order valence-electron chi connectivity index (χ1n) is 12.0. The standard InChI is InChI=1S/C25H37N3O6S/c1-5-33-20(29)14-15-26-22(30)21(17-10-7-6-8-11-17)28(18-12-9-13-18)23(31)19(16-35)27-24(32)34-25(2,3)4/h6-8,10-11,18-19,21,35H,5,9,12-16H2,1-4H3,(H,26,30)(H,27,32). The molecule has 0 aliphatic heterocycles. The van der Waals surface area contributed by atoms with Gasteiger partial charge in [-0.15, -0.1) is 0 Å². The van der Waals surface area contributed by atoms with E-state index in [4.69, 9.17) is 9.47 Å². The minimum Gasteiger partial charge on any atom is -0.466 e. The van der Waals surface area contributed by atoms with Crippen molar-refractivity contribution in [3.05, 3.63) is 35.9 Å².